The van der Waals surface area contributed by atoms with Crippen LogP contribution < -0.4 is 9.64 Å². The Bertz CT molecular complexity index is 672. The molecule has 160 valence electrons. The maximum Gasteiger partial charge on any atom is 0.228 e. The highest BCUT2D eigenvalue weighted by Crippen LogP contribution is 2.33. The van der Waals surface area contributed by atoms with Crippen molar-refractivity contribution < 1.29 is 14.3 Å². The lowest BCUT2D eigenvalue weighted by molar-refractivity contribution is -0.142. The zero-order valence-corrected chi connectivity index (χ0v) is 17.6. The second kappa shape index (κ2) is 9.74. The molecule has 3 saturated heterocycles. The van der Waals surface area contributed by atoms with Crippen LogP contribution in [0.2, 0.25) is 0 Å². The highest BCUT2D eigenvalue weighted by atomic mass is 16.5. The second-order valence-corrected chi connectivity index (χ2v) is 8.56. The Balaban J connectivity index is 1.41. The first-order valence-electron chi connectivity index (χ1n) is 11.3. The fraction of sp³-hybridized carbons (Fsp3) is 0.773. The predicted molar refractivity (Wildman–Crippen MR) is 111 cm³/mol. The lowest BCUT2D eigenvalue weighted by atomic mass is 9.85. The largest absolute Gasteiger partial charge is 0.481 e. The number of likely N-dealkylation sites (tertiary alicyclic amines) is 1. The molecule has 1 aromatic heterocycles. The zero-order valence-electron chi connectivity index (χ0n) is 17.6. The van der Waals surface area contributed by atoms with Crippen LogP contribution in [0.15, 0.2) is 12.3 Å². The molecule has 0 N–H and O–H groups in total. The molecule has 4 rings (SSSR count). The van der Waals surface area contributed by atoms with Crippen molar-refractivity contribution in [2.75, 3.05) is 44.9 Å². The van der Waals surface area contributed by atoms with Crippen molar-refractivity contribution in [1.82, 2.24) is 14.9 Å². The number of rotatable bonds is 4. The van der Waals surface area contributed by atoms with Gasteiger partial charge in [-0.15, -0.1) is 0 Å². The summed E-state index contributed by atoms with van der Waals surface area (Å²) in [4.78, 5) is 26.8. The van der Waals surface area contributed by atoms with E-state index in [0.717, 1.165) is 77.3 Å². The molecular weight excluding hydrogens is 368 g/mol. The Morgan fingerprint density at radius 2 is 1.86 bits per heavy atom. The number of hydrogen-bond acceptors (Lipinski definition) is 6. The summed E-state index contributed by atoms with van der Waals surface area (Å²) in [6.45, 7) is 4.27. The minimum atomic E-state index is 0.162. The summed E-state index contributed by atoms with van der Waals surface area (Å²) in [5.74, 6) is 2.47. The van der Waals surface area contributed by atoms with E-state index in [1.54, 1.807) is 19.4 Å². The Labute approximate surface area is 173 Å². The van der Waals surface area contributed by atoms with E-state index in [1.165, 1.54) is 12.8 Å². The Kier molecular flexibility index (Phi) is 6.85. The predicted octanol–water partition coefficient (Wildman–Crippen LogP) is 2.90. The molecule has 0 saturated carbocycles. The van der Waals surface area contributed by atoms with E-state index < -0.39 is 0 Å². The smallest absolute Gasteiger partial charge is 0.228 e. The van der Waals surface area contributed by atoms with Crippen LogP contribution in [0.5, 0.6) is 5.88 Å². The van der Waals surface area contributed by atoms with Crippen LogP contribution in [0.3, 0.4) is 0 Å². The summed E-state index contributed by atoms with van der Waals surface area (Å²) < 4.78 is 10.7. The number of amides is 1. The fourth-order valence-corrected chi connectivity index (χ4v) is 5.16. The number of carbonyl (C=O) groups excluding carboxylic acids is 1. The zero-order chi connectivity index (χ0) is 20.1. The van der Waals surface area contributed by atoms with Crippen LogP contribution in [0.4, 0.5) is 5.95 Å². The van der Waals surface area contributed by atoms with Gasteiger partial charge in [-0.2, -0.15) is 4.98 Å². The van der Waals surface area contributed by atoms with Gasteiger partial charge >= 0.3 is 0 Å². The third-order valence-corrected chi connectivity index (χ3v) is 6.85. The van der Waals surface area contributed by atoms with Crippen LogP contribution in [0, 0.1) is 11.8 Å². The monoisotopic (exact) mass is 402 g/mol. The van der Waals surface area contributed by atoms with Crippen molar-refractivity contribution >= 4 is 11.9 Å². The maximum absolute atomic E-state index is 13.3. The summed E-state index contributed by atoms with van der Waals surface area (Å²) >= 11 is 0. The number of piperidine rings is 1. The molecule has 3 fully saturated rings. The molecule has 3 aliphatic heterocycles. The third kappa shape index (κ3) is 4.82. The van der Waals surface area contributed by atoms with Gasteiger partial charge in [0, 0.05) is 57.1 Å². The van der Waals surface area contributed by atoms with Gasteiger partial charge in [0.1, 0.15) is 0 Å². The lowest BCUT2D eigenvalue weighted by Gasteiger charge is -2.42. The fourth-order valence-electron chi connectivity index (χ4n) is 5.16. The SMILES string of the molecule is COc1ccnc(N2CCC(C3CCCCCN3C(=O)C3CCOCC3)CC2)n1. The standard InChI is InChI=1S/C22H34N4O3/c1-28-20-6-11-23-22(24-20)25-13-7-17(8-14-25)19-5-3-2-4-12-26(19)21(27)18-9-15-29-16-10-18/h6,11,17-19H,2-5,7-10,12-16H2,1H3. The molecule has 1 amide bonds. The Hall–Kier alpha value is -1.89. The molecule has 0 aliphatic carbocycles. The maximum atomic E-state index is 13.3. The minimum absolute atomic E-state index is 0.162. The van der Waals surface area contributed by atoms with Gasteiger partial charge < -0.3 is 19.3 Å². The van der Waals surface area contributed by atoms with E-state index in [2.05, 4.69) is 19.8 Å². The van der Waals surface area contributed by atoms with Crippen LogP contribution in [-0.2, 0) is 9.53 Å². The van der Waals surface area contributed by atoms with Crippen molar-refractivity contribution in [3.05, 3.63) is 12.3 Å². The Morgan fingerprint density at radius 1 is 1.07 bits per heavy atom. The van der Waals surface area contributed by atoms with Crippen molar-refractivity contribution in [3.8, 4) is 5.88 Å². The van der Waals surface area contributed by atoms with Crippen LogP contribution >= 0.6 is 0 Å². The number of methoxy groups -OCH3 is 1. The average molecular weight is 403 g/mol. The first kappa shape index (κ1) is 20.4. The van der Waals surface area contributed by atoms with E-state index in [1.807, 2.05) is 0 Å². The van der Waals surface area contributed by atoms with Crippen LogP contribution in [0.1, 0.15) is 51.4 Å². The van der Waals surface area contributed by atoms with Gasteiger partial charge in [0.2, 0.25) is 17.7 Å². The van der Waals surface area contributed by atoms with E-state index in [4.69, 9.17) is 9.47 Å². The van der Waals surface area contributed by atoms with Crippen molar-refractivity contribution in [2.45, 2.75) is 57.4 Å². The van der Waals surface area contributed by atoms with Gasteiger partial charge in [0.05, 0.1) is 7.11 Å². The molecule has 0 radical (unpaired) electrons. The summed E-state index contributed by atoms with van der Waals surface area (Å²) in [5.41, 5.74) is 0. The minimum Gasteiger partial charge on any atom is -0.481 e. The third-order valence-electron chi connectivity index (χ3n) is 6.85. The highest BCUT2D eigenvalue weighted by Gasteiger charge is 2.37. The Morgan fingerprint density at radius 3 is 2.62 bits per heavy atom. The van der Waals surface area contributed by atoms with Gasteiger partial charge in [-0.25, -0.2) is 4.98 Å². The molecule has 0 bridgehead atoms. The van der Waals surface area contributed by atoms with Gasteiger partial charge in [-0.05, 0) is 44.4 Å². The molecule has 7 nitrogen and oxygen atoms in total. The van der Waals surface area contributed by atoms with E-state index in [-0.39, 0.29) is 5.92 Å². The number of aromatic nitrogens is 2. The van der Waals surface area contributed by atoms with E-state index in [0.29, 0.717) is 23.7 Å². The topological polar surface area (TPSA) is 67.8 Å². The normalized spacial score (nSPS) is 24.9. The molecular formula is C22H34N4O3. The average Bonchev–Trinajstić information content (AvgIpc) is 3.05. The molecule has 0 aromatic carbocycles. The molecule has 1 aromatic rings. The number of anilines is 1. The van der Waals surface area contributed by atoms with Crippen molar-refractivity contribution in [2.24, 2.45) is 11.8 Å². The van der Waals surface area contributed by atoms with E-state index >= 15 is 0 Å². The molecule has 29 heavy (non-hydrogen) atoms. The molecule has 7 heteroatoms. The first-order chi connectivity index (χ1) is 14.3. The molecule has 4 heterocycles. The van der Waals surface area contributed by atoms with Crippen LogP contribution in [-0.4, -0.2) is 66.8 Å². The van der Waals surface area contributed by atoms with Gasteiger partial charge in [-0.1, -0.05) is 12.8 Å². The second-order valence-electron chi connectivity index (χ2n) is 8.56. The van der Waals surface area contributed by atoms with Crippen molar-refractivity contribution in [1.29, 1.82) is 0 Å². The number of hydrogen-bond donors (Lipinski definition) is 0. The number of ether oxygens (including phenoxy) is 2. The molecule has 3 aliphatic rings. The summed E-state index contributed by atoms with van der Waals surface area (Å²) in [6.07, 6.45) is 10.5. The lowest BCUT2D eigenvalue weighted by Crippen LogP contribution is -2.50. The summed E-state index contributed by atoms with van der Waals surface area (Å²) in [6, 6.07) is 2.17. The van der Waals surface area contributed by atoms with E-state index in [9.17, 15) is 4.79 Å². The molecule has 0 spiro atoms. The number of nitrogens with zero attached hydrogens (tertiary/aromatic N) is 4. The van der Waals surface area contributed by atoms with Gasteiger partial charge in [-0.3, -0.25) is 4.79 Å². The first-order valence-corrected chi connectivity index (χ1v) is 11.3. The van der Waals surface area contributed by atoms with Crippen LogP contribution in [0.25, 0.3) is 0 Å². The summed E-state index contributed by atoms with van der Waals surface area (Å²) in [5, 5.41) is 0. The molecule has 1 unspecified atom stereocenters. The quantitative estimate of drug-likeness (QED) is 0.771. The van der Waals surface area contributed by atoms with Crippen molar-refractivity contribution in [3.63, 3.8) is 0 Å². The van der Waals surface area contributed by atoms with Gasteiger partial charge in [0.15, 0.2) is 0 Å². The number of carbonyl (C=O) groups is 1. The highest BCUT2D eigenvalue weighted by molar-refractivity contribution is 5.79. The summed E-state index contributed by atoms with van der Waals surface area (Å²) in [7, 11) is 1.63. The molecule has 1 atom stereocenters. The van der Waals surface area contributed by atoms with Gasteiger partial charge in [0.25, 0.3) is 0 Å².